The van der Waals surface area contributed by atoms with Crippen molar-refractivity contribution in [3.63, 3.8) is 0 Å². The molecular formula is C13H25N5. The molecule has 1 rings (SSSR count). The van der Waals surface area contributed by atoms with Crippen molar-refractivity contribution in [2.24, 2.45) is 0 Å². The van der Waals surface area contributed by atoms with Crippen LogP contribution in [0.4, 0.5) is 11.6 Å². The second-order valence-electron chi connectivity index (χ2n) is 4.58. The van der Waals surface area contributed by atoms with Crippen molar-refractivity contribution >= 4 is 11.6 Å². The molecule has 0 atom stereocenters. The highest BCUT2D eigenvalue weighted by Gasteiger charge is 2.08. The van der Waals surface area contributed by atoms with Gasteiger partial charge in [0.1, 0.15) is 11.6 Å². The molecule has 102 valence electrons. The van der Waals surface area contributed by atoms with E-state index in [1.807, 2.05) is 6.20 Å². The van der Waals surface area contributed by atoms with Crippen LogP contribution < -0.4 is 10.2 Å². The van der Waals surface area contributed by atoms with E-state index in [1.165, 1.54) is 0 Å². The quantitative estimate of drug-likeness (QED) is 0.761. The van der Waals surface area contributed by atoms with Gasteiger partial charge in [0, 0.05) is 26.2 Å². The third-order valence-corrected chi connectivity index (χ3v) is 2.61. The molecule has 0 unspecified atom stereocenters. The Morgan fingerprint density at radius 3 is 2.50 bits per heavy atom. The first-order valence-electron chi connectivity index (χ1n) is 6.63. The van der Waals surface area contributed by atoms with Gasteiger partial charge in [-0.3, -0.25) is 4.98 Å². The Hall–Kier alpha value is -1.36. The van der Waals surface area contributed by atoms with Gasteiger partial charge in [0.25, 0.3) is 0 Å². The molecule has 1 aromatic heterocycles. The van der Waals surface area contributed by atoms with E-state index in [0.29, 0.717) is 0 Å². The van der Waals surface area contributed by atoms with Crippen LogP contribution >= 0.6 is 0 Å². The molecule has 0 amide bonds. The molecule has 0 aromatic carbocycles. The first-order chi connectivity index (χ1) is 8.67. The lowest BCUT2D eigenvalue weighted by Crippen LogP contribution is -2.33. The molecule has 18 heavy (non-hydrogen) atoms. The fraction of sp³-hybridized carbons (Fsp3) is 0.692. The average molecular weight is 251 g/mol. The summed E-state index contributed by atoms with van der Waals surface area (Å²) >= 11 is 0. The van der Waals surface area contributed by atoms with E-state index in [4.69, 9.17) is 0 Å². The van der Waals surface area contributed by atoms with E-state index < -0.39 is 0 Å². The highest BCUT2D eigenvalue weighted by Crippen LogP contribution is 2.12. The van der Waals surface area contributed by atoms with E-state index in [9.17, 15) is 0 Å². The van der Waals surface area contributed by atoms with Crippen LogP contribution in [-0.2, 0) is 0 Å². The predicted molar refractivity (Wildman–Crippen MR) is 77.3 cm³/mol. The van der Waals surface area contributed by atoms with Crippen molar-refractivity contribution in [2.45, 2.75) is 20.3 Å². The fourth-order valence-corrected chi connectivity index (χ4v) is 1.71. The number of nitrogens with zero attached hydrogens (tertiary/aromatic N) is 4. The summed E-state index contributed by atoms with van der Waals surface area (Å²) in [6.07, 6.45) is 4.72. The van der Waals surface area contributed by atoms with Crippen LogP contribution in [0.25, 0.3) is 0 Å². The number of rotatable bonds is 8. The topological polar surface area (TPSA) is 44.3 Å². The fourth-order valence-electron chi connectivity index (χ4n) is 1.71. The molecule has 0 radical (unpaired) electrons. The summed E-state index contributed by atoms with van der Waals surface area (Å²) in [5, 5.41) is 3.20. The molecule has 0 fully saturated rings. The van der Waals surface area contributed by atoms with Gasteiger partial charge in [-0.15, -0.1) is 0 Å². The first-order valence-corrected chi connectivity index (χ1v) is 6.63. The Labute approximate surface area is 110 Å². The molecule has 5 heteroatoms. The molecule has 0 aliphatic heterocycles. The van der Waals surface area contributed by atoms with Crippen molar-refractivity contribution in [3.8, 4) is 0 Å². The van der Waals surface area contributed by atoms with Gasteiger partial charge in [-0.1, -0.05) is 6.92 Å². The SMILES string of the molecule is CCCN(CCN(C)C)c1cncc(NCC)n1. The second kappa shape index (κ2) is 7.87. The Morgan fingerprint density at radius 1 is 1.11 bits per heavy atom. The lowest BCUT2D eigenvalue weighted by molar-refractivity contribution is 0.412. The summed E-state index contributed by atoms with van der Waals surface area (Å²) in [4.78, 5) is 13.3. The summed E-state index contributed by atoms with van der Waals surface area (Å²) in [5.41, 5.74) is 0. The number of nitrogens with one attached hydrogen (secondary N) is 1. The minimum absolute atomic E-state index is 0.848. The van der Waals surface area contributed by atoms with Gasteiger partial charge < -0.3 is 15.1 Å². The van der Waals surface area contributed by atoms with E-state index >= 15 is 0 Å². The molecule has 0 aliphatic carbocycles. The van der Waals surface area contributed by atoms with Crippen LogP contribution in [0.5, 0.6) is 0 Å². The molecular weight excluding hydrogens is 226 g/mol. The standard InChI is InChI=1S/C13H25N5/c1-5-7-18(9-8-17(3)4)13-11-14-10-12(16-13)15-6-2/h10-11H,5-9H2,1-4H3,(H,15,16). The molecule has 1 N–H and O–H groups in total. The monoisotopic (exact) mass is 251 g/mol. The Kier molecular flexibility index (Phi) is 6.43. The molecule has 0 bridgehead atoms. The van der Waals surface area contributed by atoms with Crippen LogP contribution in [0.3, 0.4) is 0 Å². The van der Waals surface area contributed by atoms with Crippen LogP contribution in [0.1, 0.15) is 20.3 Å². The van der Waals surface area contributed by atoms with Crippen LogP contribution in [0.2, 0.25) is 0 Å². The molecule has 0 saturated carbocycles. The van der Waals surface area contributed by atoms with Crippen molar-refractivity contribution in [2.75, 3.05) is 50.5 Å². The highest BCUT2D eigenvalue weighted by molar-refractivity contribution is 5.43. The number of likely N-dealkylation sites (N-methyl/N-ethyl adjacent to an activating group) is 1. The lowest BCUT2D eigenvalue weighted by atomic mass is 10.4. The van der Waals surface area contributed by atoms with E-state index in [1.54, 1.807) is 6.20 Å². The van der Waals surface area contributed by atoms with E-state index in [2.05, 4.69) is 53.0 Å². The third-order valence-electron chi connectivity index (χ3n) is 2.61. The van der Waals surface area contributed by atoms with E-state index in [-0.39, 0.29) is 0 Å². The Balaban J connectivity index is 2.73. The Bertz CT molecular complexity index is 340. The molecule has 0 aliphatic rings. The lowest BCUT2D eigenvalue weighted by Gasteiger charge is -2.24. The Morgan fingerprint density at radius 2 is 1.89 bits per heavy atom. The molecule has 0 saturated heterocycles. The van der Waals surface area contributed by atoms with Gasteiger partial charge >= 0.3 is 0 Å². The van der Waals surface area contributed by atoms with Gasteiger partial charge in [0.15, 0.2) is 0 Å². The van der Waals surface area contributed by atoms with Crippen LogP contribution in [0.15, 0.2) is 12.4 Å². The maximum absolute atomic E-state index is 4.59. The normalized spacial score (nSPS) is 10.7. The van der Waals surface area contributed by atoms with Crippen molar-refractivity contribution in [3.05, 3.63) is 12.4 Å². The minimum atomic E-state index is 0.848. The maximum atomic E-state index is 4.59. The van der Waals surface area contributed by atoms with Crippen LogP contribution in [-0.4, -0.2) is 55.1 Å². The summed E-state index contributed by atoms with van der Waals surface area (Å²) in [6.45, 7) is 8.12. The van der Waals surface area contributed by atoms with Crippen LogP contribution in [0, 0.1) is 0 Å². The van der Waals surface area contributed by atoms with E-state index in [0.717, 1.165) is 44.2 Å². The van der Waals surface area contributed by atoms with Crippen molar-refractivity contribution in [1.29, 1.82) is 0 Å². The summed E-state index contributed by atoms with van der Waals surface area (Å²) in [6, 6.07) is 0. The third kappa shape index (κ3) is 4.87. The molecule has 1 heterocycles. The molecule has 0 spiro atoms. The van der Waals surface area contributed by atoms with Gasteiger partial charge in [-0.25, -0.2) is 4.98 Å². The van der Waals surface area contributed by atoms with Crippen molar-refractivity contribution in [1.82, 2.24) is 14.9 Å². The van der Waals surface area contributed by atoms with Gasteiger partial charge in [-0.2, -0.15) is 0 Å². The second-order valence-corrected chi connectivity index (χ2v) is 4.58. The van der Waals surface area contributed by atoms with Gasteiger partial charge in [-0.05, 0) is 27.4 Å². The van der Waals surface area contributed by atoms with Crippen molar-refractivity contribution < 1.29 is 0 Å². The zero-order chi connectivity index (χ0) is 13.4. The number of hydrogen-bond donors (Lipinski definition) is 1. The molecule has 5 nitrogen and oxygen atoms in total. The summed E-state index contributed by atoms with van der Waals surface area (Å²) in [5.74, 6) is 1.80. The molecule has 1 aromatic rings. The maximum Gasteiger partial charge on any atom is 0.149 e. The number of hydrogen-bond acceptors (Lipinski definition) is 5. The zero-order valence-corrected chi connectivity index (χ0v) is 12.0. The number of aromatic nitrogens is 2. The number of anilines is 2. The highest BCUT2D eigenvalue weighted by atomic mass is 15.2. The van der Waals surface area contributed by atoms with Gasteiger partial charge in [0.2, 0.25) is 0 Å². The average Bonchev–Trinajstić information content (AvgIpc) is 2.35. The predicted octanol–water partition coefficient (Wildman–Crippen LogP) is 1.69. The minimum Gasteiger partial charge on any atom is -0.369 e. The largest absolute Gasteiger partial charge is 0.369 e. The first kappa shape index (κ1) is 14.7. The summed E-state index contributed by atoms with van der Waals surface area (Å²) in [7, 11) is 4.18. The smallest absolute Gasteiger partial charge is 0.149 e. The zero-order valence-electron chi connectivity index (χ0n) is 12.0. The van der Waals surface area contributed by atoms with Gasteiger partial charge in [0.05, 0.1) is 12.4 Å². The summed E-state index contributed by atoms with van der Waals surface area (Å²) < 4.78 is 0.